The Bertz CT molecular complexity index is 1560. The predicted octanol–water partition coefficient (Wildman–Crippen LogP) is 8.16. The SMILES string of the molecule is CC(C)(C)OP(=O)(Oc1ccc(C2(c3ccc(C(C)(C)C)cc3)OC(=O)c3ccccc32)cc1)c1ccccc1. The van der Waals surface area contributed by atoms with Gasteiger partial charge >= 0.3 is 13.6 Å². The minimum atomic E-state index is -3.70. The molecule has 40 heavy (non-hydrogen) atoms. The Labute approximate surface area is 236 Å². The zero-order valence-electron chi connectivity index (χ0n) is 23.8. The molecule has 0 aliphatic carbocycles. The first-order valence-electron chi connectivity index (χ1n) is 13.4. The van der Waals surface area contributed by atoms with E-state index in [2.05, 4.69) is 32.9 Å². The van der Waals surface area contributed by atoms with Crippen LogP contribution in [-0.2, 0) is 24.8 Å². The number of benzene rings is 4. The first-order chi connectivity index (χ1) is 18.8. The molecule has 2 unspecified atom stereocenters. The average Bonchev–Trinajstić information content (AvgIpc) is 3.21. The number of carbonyl (C=O) groups is 1. The molecule has 206 valence electrons. The van der Waals surface area contributed by atoms with E-state index in [0.717, 1.165) is 16.7 Å². The third kappa shape index (κ3) is 5.24. The van der Waals surface area contributed by atoms with Gasteiger partial charge in [-0.3, -0.25) is 4.52 Å². The van der Waals surface area contributed by atoms with E-state index in [1.54, 1.807) is 42.5 Å². The van der Waals surface area contributed by atoms with Crippen molar-refractivity contribution in [3.05, 3.63) is 131 Å². The van der Waals surface area contributed by atoms with E-state index in [4.69, 9.17) is 13.8 Å². The Hall–Kier alpha value is -3.66. The second-order valence-corrected chi connectivity index (χ2v) is 14.0. The standard InChI is InChI=1S/C34H35O5P/c1-32(2,3)24-16-18-25(19-17-24)34(30-15-11-10-14-29(30)31(35)37-34)26-20-22-27(23-21-26)38-40(36,39-33(4,5)6)28-12-8-7-9-13-28/h7-23H,1-6H3. The number of ether oxygens (including phenoxy) is 1. The molecule has 0 amide bonds. The van der Waals surface area contributed by atoms with Gasteiger partial charge in [-0.05, 0) is 62.1 Å². The van der Waals surface area contributed by atoms with Crippen LogP contribution in [0.4, 0.5) is 0 Å². The van der Waals surface area contributed by atoms with Crippen LogP contribution in [0.2, 0.25) is 0 Å². The second kappa shape index (κ2) is 10.1. The van der Waals surface area contributed by atoms with Crippen molar-refractivity contribution in [1.29, 1.82) is 0 Å². The second-order valence-electron chi connectivity index (χ2n) is 12.1. The lowest BCUT2D eigenvalue weighted by molar-refractivity contribution is 0.0251. The summed E-state index contributed by atoms with van der Waals surface area (Å²) < 4.78 is 32.4. The Morgan fingerprint density at radius 2 is 1.25 bits per heavy atom. The van der Waals surface area contributed by atoms with Crippen molar-refractivity contribution >= 4 is 18.9 Å². The molecule has 0 bridgehead atoms. The molecule has 6 heteroatoms. The molecular formula is C34H35O5P. The van der Waals surface area contributed by atoms with Gasteiger partial charge in [0, 0.05) is 16.7 Å². The fourth-order valence-electron chi connectivity index (χ4n) is 5.00. The molecule has 2 atom stereocenters. The molecule has 4 aromatic rings. The van der Waals surface area contributed by atoms with Crippen LogP contribution >= 0.6 is 7.60 Å². The molecule has 4 aromatic carbocycles. The Morgan fingerprint density at radius 1 is 0.700 bits per heavy atom. The number of fused-ring (bicyclic) bond motifs is 1. The summed E-state index contributed by atoms with van der Waals surface area (Å²) in [5.41, 5.74) is 2.26. The van der Waals surface area contributed by atoms with Crippen LogP contribution in [0.25, 0.3) is 0 Å². The zero-order valence-corrected chi connectivity index (χ0v) is 24.7. The molecule has 5 rings (SSSR count). The van der Waals surface area contributed by atoms with E-state index in [-0.39, 0.29) is 11.4 Å². The van der Waals surface area contributed by atoms with E-state index in [1.807, 2.05) is 69.3 Å². The van der Waals surface area contributed by atoms with E-state index in [1.165, 1.54) is 5.56 Å². The molecule has 0 fully saturated rings. The monoisotopic (exact) mass is 554 g/mol. The molecule has 0 N–H and O–H groups in total. The molecule has 0 saturated carbocycles. The summed E-state index contributed by atoms with van der Waals surface area (Å²) in [5.74, 6) is 0.0130. The maximum Gasteiger partial charge on any atom is 0.411 e. The summed E-state index contributed by atoms with van der Waals surface area (Å²) in [4.78, 5) is 13.1. The molecular weight excluding hydrogens is 519 g/mol. The molecule has 1 aliphatic heterocycles. The molecule has 0 aromatic heterocycles. The predicted molar refractivity (Wildman–Crippen MR) is 158 cm³/mol. The maximum atomic E-state index is 14.0. The Morgan fingerprint density at radius 3 is 1.82 bits per heavy atom. The number of hydrogen-bond donors (Lipinski definition) is 0. The minimum Gasteiger partial charge on any atom is -0.441 e. The molecule has 1 heterocycles. The van der Waals surface area contributed by atoms with Crippen molar-refractivity contribution in [3.63, 3.8) is 0 Å². The van der Waals surface area contributed by atoms with Gasteiger partial charge in [-0.2, -0.15) is 0 Å². The van der Waals surface area contributed by atoms with Gasteiger partial charge in [-0.25, -0.2) is 9.36 Å². The molecule has 5 nitrogen and oxygen atoms in total. The third-order valence-corrected chi connectivity index (χ3v) is 9.05. The highest BCUT2D eigenvalue weighted by Crippen LogP contribution is 2.52. The fraction of sp³-hybridized carbons (Fsp3) is 0.265. The van der Waals surface area contributed by atoms with Crippen LogP contribution < -0.4 is 9.83 Å². The molecule has 1 aliphatic rings. The van der Waals surface area contributed by atoms with E-state index >= 15 is 0 Å². The van der Waals surface area contributed by atoms with Crippen molar-refractivity contribution in [3.8, 4) is 5.75 Å². The van der Waals surface area contributed by atoms with Gasteiger partial charge in [0.05, 0.1) is 16.5 Å². The van der Waals surface area contributed by atoms with Crippen LogP contribution in [0.3, 0.4) is 0 Å². The highest BCUT2D eigenvalue weighted by molar-refractivity contribution is 7.62. The van der Waals surface area contributed by atoms with Crippen LogP contribution in [0.15, 0.2) is 103 Å². The van der Waals surface area contributed by atoms with Gasteiger partial charge in [0.1, 0.15) is 5.75 Å². The van der Waals surface area contributed by atoms with Crippen molar-refractivity contribution < 1.29 is 23.1 Å². The normalized spacial score (nSPS) is 18.5. The van der Waals surface area contributed by atoms with Crippen LogP contribution in [0.5, 0.6) is 5.75 Å². The summed E-state index contributed by atoms with van der Waals surface area (Å²) >= 11 is 0. The number of rotatable bonds is 6. The van der Waals surface area contributed by atoms with Gasteiger partial charge < -0.3 is 9.26 Å². The quantitative estimate of drug-likeness (QED) is 0.178. The van der Waals surface area contributed by atoms with Gasteiger partial charge in [-0.1, -0.05) is 93.6 Å². The first-order valence-corrected chi connectivity index (χ1v) is 15.0. The summed E-state index contributed by atoms with van der Waals surface area (Å²) in [7, 11) is -3.70. The van der Waals surface area contributed by atoms with Gasteiger partial charge in [0.25, 0.3) is 0 Å². The van der Waals surface area contributed by atoms with Crippen molar-refractivity contribution in [2.45, 2.75) is 58.2 Å². The lowest BCUT2D eigenvalue weighted by Crippen LogP contribution is -2.29. The van der Waals surface area contributed by atoms with Crippen LogP contribution in [0, 0.1) is 0 Å². The molecule has 0 spiro atoms. The third-order valence-electron chi connectivity index (χ3n) is 6.88. The van der Waals surface area contributed by atoms with Crippen molar-refractivity contribution in [1.82, 2.24) is 0 Å². The summed E-state index contributed by atoms with van der Waals surface area (Å²) in [6.45, 7) is 12.0. The summed E-state index contributed by atoms with van der Waals surface area (Å²) in [6, 6.07) is 31.9. The first kappa shape index (κ1) is 27.9. The van der Waals surface area contributed by atoms with Gasteiger partial charge in [-0.15, -0.1) is 0 Å². The van der Waals surface area contributed by atoms with Crippen molar-refractivity contribution in [2.24, 2.45) is 0 Å². The van der Waals surface area contributed by atoms with Crippen LogP contribution in [-0.4, -0.2) is 11.6 Å². The topological polar surface area (TPSA) is 61.8 Å². The minimum absolute atomic E-state index is 0.0171. The highest BCUT2D eigenvalue weighted by Gasteiger charge is 2.48. The number of cyclic esters (lactones) is 1. The lowest BCUT2D eigenvalue weighted by Gasteiger charge is -2.31. The zero-order chi connectivity index (χ0) is 28.8. The molecule has 0 saturated heterocycles. The highest BCUT2D eigenvalue weighted by atomic mass is 31.2. The van der Waals surface area contributed by atoms with E-state index in [9.17, 15) is 9.36 Å². The van der Waals surface area contributed by atoms with Crippen molar-refractivity contribution in [2.75, 3.05) is 0 Å². The summed E-state index contributed by atoms with van der Waals surface area (Å²) in [5, 5.41) is 0.475. The number of esters is 1. The van der Waals surface area contributed by atoms with Gasteiger partial charge in [0.2, 0.25) is 0 Å². The fourth-order valence-corrected chi connectivity index (χ4v) is 6.91. The van der Waals surface area contributed by atoms with E-state index < -0.39 is 18.8 Å². The van der Waals surface area contributed by atoms with E-state index in [0.29, 0.717) is 16.6 Å². The molecule has 0 radical (unpaired) electrons. The Kier molecular flexibility index (Phi) is 7.02. The van der Waals surface area contributed by atoms with Gasteiger partial charge in [0.15, 0.2) is 5.60 Å². The van der Waals surface area contributed by atoms with Crippen LogP contribution in [0.1, 0.15) is 74.2 Å². The maximum absolute atomic E-state index is 14.0. The summed E-state index contributed by atoms with van der Waals surface area (Å²) in [6.07, 6.45) is 0. The number of hydrogen-bond acceptors (Lipinski definition) is 5. The Balaban J connectivity index is 1.58. The largest absolute Gasteiger partial charge is 0.441 e. The smallest absolute Gasteiger partial charge is 0.411 e. The average molecular weight is 555 g/mol. The number of carbonyl (C=O) groups excluding carboxylic acids is 1. The lowest BCUT2D eigenvalue weighted by atomic mass is 9.78.